The Labute approximate surface area is 258 Å². The van der Waals surface area contributed by atoms with Gasteiger partial charge < -0.3 is 15.4 Å². The number of hydrogen-bond acceptors (Lipinski definition) is 7. The number of primary amides is 1. The Bertz CT molecular complexity index is 1840. The van der Waals surface area contributed by atoms with Gasteiger partial charge >= 0.3 is 0 Å². The molecule has 2 amide bonds. The molecule has 0 aliphatic rings. The number of halogens is 1. The van der Waals surface area contributed by atoms with Gasteiger partial charge in [-0.25, -0.2) is 4.39 Å². The number of nitrogens with two attached hydrogens (primary N) is 1. The highest BCUT2D eigenvalue weighted by Gasteiger charge is 2.16. The summed E-state index contributed by atoms with van der Waals surface area (Å²) in [5.74, 6) is -0.760. The molecule has 0 radical (unpaired) electrons. The first-order valence-corrected chi connectivity index (χ1v) is 15.0. The Kier molecular flexibility index (Phi) is 9.40. The topological polar surface area (TPSA) is 115 Å². The quantitative estimate of drug-likeness (QED) is 0.172. The van der Waals surface area contributed by atoms with Crippen molar-refractivity contribution < 1.29 is 23.5 Å². The largest absolute Gasteiger partial charge is 0.453 e. The van der Waals surface area contributed by atoms with Crippen LogP contribution in [0.1, 0.15) is 47.3 Å². The molecule has 44 heavy (non-hydrogen) atoms. The average molecular weight is 611 g/mol. The molecule has 0 spiro atoms. The molecule has 0 aliphatic heterocycles. The van der Waals surface area contributed by atoms with Gasteiger partial charge in [-0.15, -0.1) is 11.3 Å². The molecule has 0 aliphatic carbocycles. The van der Waals surface area contributed by atoms with E-state index in [1.807, 2.05) is 25.1 Å². The number of pyridine rings is 2. The van der Waals surface area contributed by atoms with Crippen LogP contribution in [0.2, 0.25) is 0 Å². The van der Waals surface area contributed by atoms with E-state index in [1.54, 1.807) is 60.6 Å². The van der Waals surface area contributed by atoms with Gasteiger partial charge in [0, 0.05) is 56.9 Å². The Morgan fingerprint density at radius 1 is 0.932 bits per heavy atom. The van der Waals surface area contributed by atoms with Gasteiger partial charge in [0.15, 0.2) is 11.6 Å². The molecule has 10 heteroatoms. The Hall–Kier alpha value is -4.96. The second-order valence-corrected chi connectivity index (χ2v) is 11.5. The number of Topliss-reactive ketones (excluding diaryl/α,β-unsaturated/α-hetero) is 1. The Balaban J connectivity index is 1.28. The first-order chi connectivity index (χ1) is 21.2. The van der Waals surface area contributed by atoms with Crippen molar-refractivity contribution in [3.8, 4) is 22.1 Å². The van der Waals surface area contributed by atoms with E-state index in [1.165, 1.54) is 23.5 Å². The molecule has 0 atom stereocenters. The molecule has 0 bridgehead atoms. The second kappa shape index (κ2) is 13.6. The number of aromatic nitrogens is 2. The number of thiophene rings is 1. The highest BCUT2D eigenvalue weighted by atomic mass is 32.1. The van der Waals surface area contributed by atoms with Gasteiger partial charge in [0.05, 0.1) is 20.8 Å². The van der Waals surface area contributed by atoms with Gasteiger partial charge in [-0.2, -0.15) is 0 Å². The van der Waals surface area contributed by atoms with Crippen LogP contribution in [0.15, 0.2) is 79.1 Å². The molecule has 0 saturated carbocycles. The summed E-state index contributed by atoms with van der Waals surface area (Å²) in [6.07, 6.45) is 4.39. The minimum absolute atomic E-state index is 0.0300. The van der Waals surface area contributed by atoms with Crippen molar-refractivity contribution in [2.75, 3.05) is 6.54 Å². The number of rotatable bonds is 12. The third-order valence-electron chi connectivity index (χ3n) is 7.00. The van der Waals surface area contributed by atoms with Crippen molar-refractivity contribution in [3.05, 3.63) is 107 Å². The van der Waals surface area contributed by atoms with E-state index in [0.717, 1.165) is 27.3 Å². The van der Waals surface area contributed by atoms with E-state index in [4.69, 9.17) is 10.5 Å². The molecule has 224 valence electrons. The minimum atomic E-state index is -0.590. The second-order valence-electron chi connectivity index (χ2n) is 10.5. The molecule has 0 unspecified atom stereocenters. The van der Waals surface area contributed by atoms with E-state index in [2.05, 4.69) is 9.97 Å². The third kappa shape index (κ3) is 7.33. The first kappa shape index (κ1) is 30.5. The highest BCUT2D eigenvalue weighted by Crippen LogP contribution is 2.39. The number of carbonyl (C=O) groups is 3. The maximum atomic E-state index is 15.1. The summed E-state index contributed by atoms with van der Waals surface area (Å²) in [5.41, 5.74) is 9.24. The number of ether oxygens (including phenoxy) is 1. The number of carbonyl (C=O) groups excluding carboxylic acids is 3. The molecule has 2 aromatic carbocycles. The Morgan fingerprint density at radius 3 is 2.39 bits per heavy atom. The van der Waals surface area contributed by atoms with E-state index in [0.29, 0.717) is 41.0 Å². The lowest BCUT2D eigenvalue weighted by atomic mass is 10.0. The number of nitrogens with zero attached hydrogens (tertiary/aromatic N) is 3. The van der Waals surface area contributed by atoms with Crippen molar-refractivity contribution in [1.82, 2.24) is 14.9 Å². The summed E-state index contributed by atoms with van der Waals surface area (Å²) in [5, 5.41) is 0. The Morgan fingerprint density at radius 2 is 1.70 bits per heavy atom. The third-order valence-corrected chi connectivity index (χ3v) is 8.16. The van der Waals surface area contributed by atoms with Gasteiger partial charge in [0.25, 0.3) is 0 Å². The lowest BCUT2D eigenvalue weighted by Gasteiger charge is -2.20. The average Bonchev–Trinajstić information content (AvgIpc) is 3.44. The summed E-state index contributed by atoms with van der Waals surface area (Å²) in [6.45, 7) is 4.80. The fourth-order valence-electron chi connectivity index (χ4n) is 4.83. The standard InChI is InChI=1S/C34H31FN4O4S/c1-3-13-39(21(2)40)20-24-7-9-28(38-19-24)32-18-29-33(44-32)31(11-12-37-29)43-30-10-8-23(17-27(30)35)16-26(41)15-22-5-4-6-25(14-22)34(36)42/h4-12,14,17-19H,3,13,15-16,20H2,1-2H3,(H2,36,42). The van der Waals surface area contributed by atoms with Crippen molar-refractivity contribution in [3.63, 3.8) is 0 Å². The van der Waals surface area contributed by atoms with E-state index in [-0.39, 0.29) is 30.3 Å². The van der Waals surface area contributed by atoms with Crippen molar-refractivity contribution in [2.24, 2.45) is 5.73 Å². The fourth-order valence-corrected chi connectivity index (χ4v) is 5.87. The van der Waals surface area contributed by atoms with Crippen LogP contribution >= 0.6 is 11.3 Å². The van der Waals surface area contributed by atoms with Crippen LogP contribution in [0.5, 0.6) is 11.5 Å². The van der Waals surface area contributed by atoms with Crippen LogP contribution in [0, 0.1) is 5.82 Å². The maximum Gasteiger partial charge on any atom is 0.248 e. The van der Waals surface area contributed by atoms with Crippen LogP contribution < -0.4 is 10.5 Å². The van der Waals surface area contributed by atoms with E-state index in [9.17, 15) is 14.4 Å². The van der Waals surface area contributed by atoms with E-state index >= 15 is 4.39 Å². The molecule has 3 aromatic heterocycles. The van der Waals surface area contributed by atoms with Gasteiger partial charge in [-0.05, 0) is 59.5 Å². The monoisotopic (exact) mass is 610 g/mol. The van der Waals surface area contributed by atoms with Crippen LogP contribution in [0.25, 0.3) is 20.8 Å². The molecule has 5 rings (SSSR count). The van der Waals surface area contributed by atoms with Crippen LogP contribution in [-0.4, -0.2) is 39.0 Å². The predicted molar refractivity (Wildman–Crippen MR) is 168 cm³/mol. The van der Waals surface area contributed by atoms with Crippen LogP contribution in [0.4, 0.5) is 4.39 Å². The molecule has 0 fully saturated rings. The van der Waals surface area contributed by atoms with Crippen molar-refractivity contribution in [2.45, 2.75) is 39.7 Å². The van der Waals surface area contributed by atoms with Gasteiger partial charge in [-0.3, -0.25) is 24.4 Å². The van der Waals surface area contributed by atoms with Crippen molar-refractivity contribution in [1.29, 1.82) is 0 Å². The summed E-state index contributed by atoms with van der Waals surface area (Å²) >= 11 is 1.44. The molecular weight excluding hydrogens is 579 g/mol. The zero-order valence-electron chi connectivity index (χ0n) is 24.4. The molecule has 2 N–H and O–H groups in total. The highest BCUT2D eigenvalue weighted by molar-refractivity contribution is 7.22. The predicted octanol–water partition coefficient (Wildman–Crippen LogP) is 6.50. The summed E-state index contributed by atoms with van der Waals surface area (Å²) in [4.78, 5) is 47.7. The number of hydrogen-bond donors (Lipinski definition) is 1. The summed E-state index contributed by atoms with van der Waals surface area (Å²) in [7, 11) is 0. The fraction of sp³-hybridized carbons (Fsp3) is 0.206. The zero-order chi connectivity index (χ0) is 31.2. The normalized spacial score (nSPS) is 11.0. The zero-order valence-corrected chi connectivity index (χ0v) is 25.2. The van der Waals surface area contributed by atoms with Crippen LogP contribution in [-0.2, 0) is 29.0 Å². The molecule has 8 nitrogen and oxygen atoms in total. The van der Waals surface area contributed by atoms with Gasteiger partial charge in [-0.1, -0.05) is 31.2 Å². The molecule has 5 aromatic rings. The minimum Gasteiger partial charge on any atom is -0.453 e. The van der Waals surface area contributed by atoms with E-state index < -0.39 is 11.7 Å². The smallest absolute Gasteiger partial charge is 0.248 e. The molecule has 3 heterocycles. The first-order valence-electron chi connectivity index (χ1n) is 14.2. The number of benzene rings is 2. The lowest BCUT2D eigenvalue weighted by molar-refractivity contribution is -0.129. The summed E-state index contributed by atoms with van der Waals surface area (Å²) < 4.78 is 21.8. The van der Waals surface area contributed by atoms with Gasteiger partial charge in [0.2, 0.25) is 11.8 Å². The van der Waals surface area contributed by atoms with Crippen molar-refractivity contribution >= 4 is 39.2 Å². The van der Waals surface area contributed by atoms with Crippen LogP contribution in [0.3, 0.4) is 0 Å². The summed E-state index contributed by atoms with van der Waals surface area (Å²) in [6, 6.07) is 18.5. The maximum absolute atomic E-state index is 15.1. The van der Waals surface area contributed by atoms with Gasteiger partial charge in [0.1, 0.15) is 11.5 Å². The number of fused-ring (bicyclic) bond motifs is 1. The number of amides is 2. The molecular formula is C34H31FN4O4S. The molecule has 0 saturated heterocycles. The number of ketones is 1. The lowest BCUT2D eigenvalue weighted by Crippen LogP contribution is -2.28. The SMILES string of the molecule is CCCN(Cc1ccc(-c2cc3nccc(Oc4ccc(CC(=O)Cc5cccc(C(N)=O)c5)cc4F)c3s2)nc1)C(C)=O.